The Morgan fingerprint density at radius 3 is 1.28 bits per heavy atom. The first-order chi connectivity index (χ1) is 14.1. The Labute approximate surface area is 179 Å². The molecule has 0 saturated heterocycles. The summed E-state index contributed by atoms with van der Waals surface area (Å²) in [5.74, 6) is -2.17. The van der Waals surface area contributed by atoms with Crippen molar-refractivity contribution in [2.75, 3.05) is 6.54 Å². The number of hydrogen-bond donors (Lipinski definition) is 3. The zero-order valence-corrected chi connectivity index (χ0v) is 18.9. The molecule has 5 heteroatoms. The molecule has 0 aromatic carbocycles. The van der Waals surface area contributed by atoms with Crippen molar-refractivity contribution < 1.29 is 19.8 Å². The largest absolute Gasteiger partial charge is 0.481 e. The quantitative estimate of drug-likeness (QED) is 0.165. The first kappa shape index (κ1) is 27.9. The molecule has 0 rings (SSSR count). The van der Waals surface area contributed by atoms with Crippen molar-refractivity contribution in [3.8, 4) is 0 Å². The van der Waals surface area contributed by atoms with Crippen LogP contribution < -0.4 is 5.32 Å². The first-order valence-electron chi connectivity index (χ1n) is 12.3. The van der Waals surface area contributed by atoms with Crippen LogP contribution in [0.2, 0.25) is 0 Å². The Hall–Kier alpha value is -1.10. The predicted octanol–water partition coefficient (Wildman–Crippen LogP) is 6.55. The Bertz CT molecular complexity index is 387. The normalized spacial score (nSPS) is 12.2. The van der Waals surface area contributed by atoms with Crippen LogP contribution in [0.25, 0.3) is 0 Å². The summed E-state index contributed by atoms with van der Waals surface area (Å²) in [6.45, 7) is 2.84. The number of rotatable bonds is 23. The van der Waals surface area contributed by atoms with Gasteiger partial charge in [-0.1, -0.05) is 116 Å². The van der Waals surface area contributed by atoms with Crippen LogP contribution in [0.1, 0.15) is 129 Å². The lowest BCUT2D eigenvalue weighted by molar-refractivity contribution is -0.145. The minimum atomic E-state index is -1.09. The van der Waals surface area contributed by atoms with Crippen LogP contribution in [-0.2, 0) is 9.59 Å². The number of unbranched alkanes of at least 4 members (excludes halogenated alkanes) is 17. The van der Waals surface area contributed by atoms with E-state index in [1.165, 1.54) is 103 Å². The van der Waals surface area contributed by atoms with Crippen molar-refractivity contribution in [2.45, 2.75) is 135 Å². The SMILES string of the molecule is CCCCCCCCCCCCCCCCCCCCN[C@@H](CC(=O)O)C(=O)O. The van der Waals surface area contributed by atoms with Crippen molar-refractivity contribution in [3.05, 3.63) is 0 Å². The van der Waals surface area contributed by atoms with E-state index in [2.05, 4.69) is 12.2 Å². The van der Waals surface area contributed by atoms with Gasteiger partial charge in [-0.25, -0.2) is 0 Å². The number of nitrogens with one attached hydrogen (secondary N) is 1. The highest BCUT2D eigenvalue weighted by Gasteiger charge is 2.19. The smallest absolute Gasteiger partial charge is 0.321 e. The summed E-state index contributed by atoms with van der Waals surface area (Å²) in [6.07, 6.45) is 23.5. The van der Waals surface area contributed by atoms with E-state index >= 15 is 0 Å². The zero-order valence-electron chi connectivity index (χ0n) is 18.9. The monoisotopic (exact) mass is 413 g/mol. The van der Waals surface area contributed by atoms with Gasteiger partial charge in [0.2, 0.25) is 0 Å². The van der Waals surface area contributed by atoms with E-state index in [1.54, 1.807) is 0 Å². The van der Waals surface area contributed by atoms with Gasteiger partial charge in [0.25, 0.3) is 0 Å². The highest BCUT2D eigenvalue weighted by atomic mass is 16.4. The molecule has 0 spiro atoms. The maximum atomic E-state index is 10.9. The van der Waals surface area contributed by atoms with Gasteiger partial charge in [-0.3, -0.25) is 9.59 Å². The third-order valence-corrected chi connectivity index (χ3v) is 5.60. The number of carboxylic acid groups (broad SMARTS) is 2. The van der Waals surface area contributed by atoms with Crippen LogP contribution in [0.15, 0.2) is 0 Å². The zero-order chi connectivity index (χ0) is 21.6. The van der Waals surface area contributed by atoms with Gasteiger partial charge in [0.15, 0.2) is 0 Å². The molecule has 3 N–H and O–H groups in total. The summed E-state index contributed by atoms with van der Waals surface area (Å²) in [6, 6.07) is -0.974. The molecular formula is C24H47NO4. The lowest BCUT2D eigenvalue weighted by Crippen LogP contribution is -2.39. The standard InChI is InChI=1S/C24H47NO4/c1-2-3-4-5-6-7-8-9-10-11-12-13-14-15-16-17-18-19-20-25-22(24(28)29)21-23(26)27/h22,25H,2-21H2,1H3,(H,26,27)(H,28,29)/t22-/m0/s1. The Morgan fingerprint density at radius 1 is 0.621 bits per heavy atom. The average Bonchev–Trinajstić information content (AvgIpc) is 2.68. The second-order valence-electron chi connectivity index (χ2n) is 8.45. The molecule has 172 valence electrons. The summed E-state index contributed by atoms with van der Waals surface area (Å²) >= 11 is 0. The molecule has 1 atom stereocenters. The molecule has 0 fully saturated rings. The minimum Gasteiger partial charge on any atom is -0.481 e. The number of carbonyl (C=O) groups is 2. The fraction of sp³-hybridized carbons (Fsp3) is 0.917. The molecule has 0 aromatic heterocycles. The summed E-state index contributed by atoms with van der Waals surface area (Å²) in [7, 11) is 0. The van der Waals surface area contributed by atoms with E-state index in [0.717, 1.165) is 12.8 Å². The maximum absolute atomic E-state index is 10.9. The van der Waals surface area contributed by atoms with E-state index in [9.17, 15) is 9.59 Å². The minimum absolute atomic E-state index is 0.367. The van der Waals surface area contributed by atoms with Gasteiger partial charge in [-0.05, 0) is 13.0 Å². The molecule has 29 heavy (non-hydrogen) atoms. The molecule has 0 unspecified atom stereocenters. The highest BCUT2D eigenvalue weighted by molar-refractivity contribution is 5.80. The molecule has 0 bridgehead atoms. The topological polar surface area (TPSA) is 86.6 Å². The van der Waals surface area contributed by atoms with Gasteiger partial charge >= 0.3 is 11.9 Å². The van der Waals surface area contributed by atoms with E-state index in [-0.39, 0.29) is 6.42 Å². The van der Waals surface area contributed by atoms with Gasteiger partial charge in [0.1, 0.15) is 6.04 Å². The van der Waals surface area contributed by atoms with Crippen LogP contribution >= 0.6 is 0 Å². The second kappa shape index (κ2) is 21.6. The molecule has 0 aliphatic heterocycles. The predicted molar refractivity (Wildman–Crippen MR) is 120 cm³/mol. The van der Waals surface area contributed by atoms with Crippen molar-refractivity contribution in [1.29, 1.82) is 0 Å². The fourth-order valence-electron chi connectivity index (χ4n) is 3.72. The Balaban J connectivity index is 3.22. The average molecular weight is 414 g/mol. The van der Waals surface area contributed by atoms with Crippen molar-refractivity contribution in [2.24, 2.45) is 0 Å². The first-order valence-corrected chi connectivity index (χ1v) is 12.3. The van der Waals surface area contributed by atoms with Gasteiger partial charge in [0, 0.05) is 0 Å². The molecule has 5 nitrogen and oxygen atoms in total. The van der Waals surface area contributed by atoms with Gasteiger partial charge < -0.3 is 15.5 Å². The number of carboxylic acids is 2. The molecule has 0 saturated carbocycles. The van der Waals surface area contributed by atoms with Crippen LogP contribution in [0, 0.1) is 0 Å². The van der Waals surface area contributed by atoms with E-state index < -0.39 is 18.0 Å². The maximum Gasteiger partial charge on any atom is 0.321 e. The summed E-state index contributed by atoms with van der Waals surface area (Å²) in [5, 5.41) is 20.5. The molecule has 0 aliphatic carbocycles. The molecule has 0 amide bonds. The number of aliphatic carboxylic acids is 2. The molecule has 0 aromatic rings. The van der Waals surface area contributed by atoms with Crippen molar-refractivity contribution >= 4 is 11.9 Å². The fourth-order valence-corrected chi connectivity index (χ4v) is 3.72. The Kier molecular flexibility index (Phi) is 20.8. The van der Waals surface area contributed by atoms with Gasteiger partial charge in [0.05, 0.1) is 6.42 Å². The van der Waals surface area contributed by atoms with Crippen LogP contribution in [-0.4, -0.2) is 34.7 Å². The highest BCUT2D eigenvalue weighted by Crippen LogP contribution is 2.14. The van der Waals surface area contributed by atoms with Gasteiger partial charge in [-0.15, -0.1) is 0 Å². The van der Waals surface area contributed by atoms with Crippen LogP contribution in [0.5, 0.6) is 0 Å². The van der Waals surface area contributed by atoms with Crippen LogP contribution in [0.3, 0.4) is 0 Å². The van der Waals surface area contributed by atoms with Crippen molar-refractivity contribution in [3.63, 3.8) is 0 Å². The molecule has 0 aliphatic rings. The molecule has 0 heterocycles. The summed E-state index contributed by atoms with van der Waals surface area (Å²) < 4.78 is 0. The third kappa shape index (κ3) is 21.4. The Morgan fingerprint density at radius 2 is 0.966 bits per heavy atom. The second-order valence-corrected chi connectivity index (χ2v) is 8.45. The molecule has 0 radical (unpaired) electrons. The lowest BCUT2D eigenvalue weighted by Gasteiger charge is -2.11. The summed E-state index contributed by atoms with van der Waals surface area (Å²) in [5.41, 5.74) is 0. The van der Waals surface area contributed by atoms with E-state index in [1.807, 2.05) is 0 Å². The van der Waals surface area contributed by atoms with E-state index in [0.29, 0.717) is 6.54 Å². The number of hydrogen-bond acceptors (Lipinski definition) is 3. The van der Waals surface area contributed by atoms with E-state index in [4.69, 9.17) is 10.2 Å². The van der Waals surface area contributed by atoms with Gasteiger partial charge in [-0.2, -0.15) is 0 Å². The van der Waals surface area contributed by atoms with Crippen molar-refractivity contribution in [1.82, 2.24) is 5.32 Å². The third-order valence-electron chi connectivity index (χ3n) is 5.60. The van der Waals surface area contributed by atoms with Crippen LogP contribution in [0.4, 0.5) is 0 Å². The lowest BCUT2D eigenvalue weighted by atomic mass is 10.0. The summed E-state index contributed by atoms with van der Waals surface area (Å²) in [4.78, 5) is 21.5. The molecular weight excluding hydrogens is 366 g/mol.